The zero-order valence-corrected chi connectivity index (χ0v) is 10.6. The molecule has 0 amide bonds. The zero-order valence-electron chi connectivity index (χ0n) is 10.6. The number of hydrogen-bond donors (Lipinski definition) is 2. The highest BCUT2D eigenvalue weighted by Crippen LogP contribution is 2.17. The molecule has 2 rings (SSSR count). The predicted molar refractivity (Wildman–Crippen MR) is 68.8 cm³/mol. The topological polar surface area (TPSA) is 88.1 Å². The molecule has 0 bridgehead atoms. The Bertz CT molecular complexity index is 423. The molecule has 1 saturated heterocycles. The predicted octanol–water partition coefficient (Wildman–Crippen LogP) is 0.624. The molecule has 18 heavy (non-hydrogen) atoms. The van der Waals surface area contributed by atoms with Gasteiger partial charge in [0.1, 0.15) is 11.5 Å². The van der Waals surface area contributed by atoms with Gasteiger partial charge in [0.15, 0.2) is 0 Å². The lowest BCUT2D eigenvalue weighted by Crippen LogP contribution is -2.26. The number of nitrogens with one attached hydrogen (secondary N) is 1. The lowest BCUT2D eigenvalue weighted by atomic mass is 10.2. The van der Waals surface area contributed by atoms with E-state index in [0.717, 1.165) is 6.42 Å². The van der Waals surface area contributed by atoms with Crippen molar-refractivity contribution in [1.82, 2.24) is 14.9 Å². The monoisotopic (exact) mass is 249 g/mol. The fraction of sp³-hybridized carbons (Fsp3) is 0.583. The Morgan fingerprint density at radius 1 is 1.67 bits per heavy atom. The molecule has 0 saturated carbocycles. The van der Waals surface area contributed by atoms with E-state index in [2.05, 4.69) is 21.9 Å². The summed E-state index contributed by atoms with van der Waals surface area (Å²) in [5.74, 6) is -0.0715. The summed E-state index contributed by atoms with van der Waals surface area (Å²) in [6, 6.07) is 2.49. The molecule has 1 aliphatic heterocycles. The van der Waals surface area contributed by atoms with Crippen molar-refractivity contribution in [2.24, 2.45) is 5.73 Å². The zero-order chi connectivity index (χ0) is 13.0. The Balaban J connectivity index is 1.83. The second-order valence-corrected chi connectivity index (χ2v) is 4.55. The highest BCUT2D eigenvalue weighted by atomic mass is 16.5. The summed E-state index contributed by atoms with van der Waals surface area (Å²) in [6.45, 7) is 1.76. The second kappa shape index (κ2) is 5.77. The van der Waals surface area contributed by atoms with Gasteiger partial charge in [-0.15, -0.1) is 0 Å². The highest BCUT2D eigenvalue weighted by molar-refractivity contribution is 5.92. The molecule has 98 valence electrons. The van der Waals surface area contributed by atoms with Crippen molar-refractivity contribution in [3.63, 3.8) is 0 Å². The van der Waals surface area contributed by atoms with Crippen LogP contribution in [0.5, 0.6) is 6.01 Å². The molecule has 1 unspecified atom stereocenters. The SMILES string of the molecule is CN1CCCC1CCOc1nccc(C(=N)N)n1. The summed E-state index contributed by atoms with van der Waals surface area (Å²) < 4.78 is 5.51. The Kier molecular flexibility index (Phi) is 4.09. The minimum Gasteiger partial charge on any atom is -0.463 e. The van der Waals surface area contributed by atoms with Gasteiger partial charge in [-0.05, 0) is 38.9 Å². The molecule has 1 atom stereocenters. The molecule has 6 nitrogen and oxygen atoms in total. The molecular formula is C12H19N5O. The van der Waals surface area contributed by atoms with Crippen LogP contribution in [0.2, 0.25) is 0 Å². The van der Waals surface area contributed by atoms with Crippen LogP contribution in [0.4, 0.5) is 0 Å². The van der Waals surface area contributed by atoms with E-state index >= 15 is 0 Å². The maximum absolute atomic E-state index is 7.30. The third kappa shape index (κ3) is 3.16. The average molecular weight is 249 g/mol. The van der Waals surface area contributed by atoms with Gasteiger partial charge in [-0.1, -0.05) is 0 Å². The van der Waals surface area contributed by atoms with Gasteiger partial charge >= 0.3 is 6.01 Å². The molecule has 0 aromatic carbocycles. The number of aromatic nitrogens is 2. The molecule has 2 heterocycles. The minimum atomic E-state index is -0.0715. The van der Waals surface area contributed by atoms with Crippen LogP contribution in [0.3, 0.4) is 0 Å². The van der Waals surface area contributed by atoms with Crippen LogP contribution in [0.15, 0.2) is 12.3 Å². The molecule has 1 aromatic heterocycles. The fourth-order valence-electron chi connectivity index (χ4n) is 2.19. The van der Waals surface area contributed by atoms with Gasteiger partial charge in [0.2, 0.25) is 0 Å². The largest absolute Gasteiger partial charge is 0.463 e. The van der Waals surface area contributed by atoms with Gasteiger partial charge in [0, 0.05) is 12.2 Å². The van der Waals surface area contributed by atoms with E-state index in [9.17, 15) is 0 Å². The number of amidine groups is 1. The average Bonchev–Trinajstić information content (AvgIpc) is 2.76. The molecule has 6 heteroatoms. The fourth-order valence-corrected chi connectivity index (χ4v) is 2.19. The molecule has 1 fully saturated rings. The van der Waals surface area contributed by atoms with Crippen molar-refractivity contribution >= 4 is 5.84 Å². The van der Waals surface area contributed by atoms with Gasteiger partial charge in [0.25, 0.3) is 0 Å². The summed E-state index contributed by atoms with van der Waals surface area (Å²) in [4.78, 5) is 10.4. The number of nitrogens with two attached hydrogens (primary N) is 1. The number of likely N-dealkylation sites (tertiary alicyclic amines) is 1. The minimum absolute atomic E-state index is 0.0715. The van der Waals surface area contributed by atoms with Crippen LogP contribution >= 0.6 is 0 Å². The maximum atomic E-state index is 7.30. The number of nitrogen functional groups attached to an aromatic ring is 1. The van der Waals surface area contributed by atoms with E-state index < -0.39 is 0 Å². The number of rotatable bonds is 5. The Morgan fingerprint density at radius 3 is 3.17 bits per heavy atom. The van der Waals surface area contributed by atoms with Gasteiger partial charge in [-0.3, -0.25) is 5.41 Å². The Morgan fingerprint density at radius 2 is 2.50 bits per heavy atom. The van der Waals surface area contributed by atoms with Crippen molar-refractivity contribution < 1.29 is 4.74 Å². The van der Waals surface area contributed by atoms with E-state index in [1.165, 1.54) is 19.4 Å². The third-order valence-corrected chi connectivity index (χ3v) is 3.26. The Labute approximate surface area is 107 Å². The van der Waals surface area contributed by atoms with E-state index in [1.54, 1.807) is 12.3 Å². The molecule has 0 aliphatic carbocycles. The maximum Gasteiger partial charge on any atom is 0.316 e. The Hall–Kier alpha value is -1.69. The first-order valence-corrected chi connectivity index (χ1v) is 6.17. The first-order valence-electron chi connectivity index (χ1n) is 6.17. The second-order valence-electron chi connectivity index (χ2n) is 4.55. The molecule has 0 spiro atoms. The van der Waals surface area contributed by atoms with Crippen LogP contribution in [0.25, 0.3) is 0 Å². The first kappa shape index (κ1) is 12.8. The lowest BCUT2D eigenvalue weighted by molar-refractivity contribution is 0.223. The first-order chi connectivity index (χ1) is 8.66. The third-order valence-electron chi connectivity index (χ3n) is 3.26. The normalized spacial score (nSPS) is 19.9. The van der Waals surface area contributed by atoms with Gasteiger partial charge in [0.05, 0.1) is 6.61 Å². The number of nitrogens with zero attached hydrogens (tertiary/aromatic N) is 3. The van der Waals surface area contributed by atoms with Crippen LogP contribution in [-0.4, -0.2) is 46.9 Å². The molecule has 1 aliphatic rings. The van der Waals surface area contributed by atoms with Crippen LogP contribution in [-0.2, 0) is 0 Å². The van der Waals surface area contributed by atoms with Crippen molar-refractivity contribution in [1.29, 1.82) is 5.41 Å². The molecule has 3 N–H and O–H groups in total. The van der Waals surface area contributed by atoms with E-state index in [0.29, 0.717) is 24.4 Å². The summed E-state index contributed by atoms with van der Waals surface area (Å²) in [7, 11) is 2.14. The summed E-state index contributed by atoms with van der Waals surface area (Å²) in [6.07, 6.45) is 5.02. The standard InChI is InChI=1S/C12H19N5O/c1-17-7-2-3-9(17)5-8-18-12-15-6-4-10(16-12)11(13)14/h4,6,9H,2-3,5,7-8H2,1H3,(H3,13,14). The van der Waals surface area contributed by atoms with Gasteiger partial charge < -0.3 is 15.4 Å². The summed E-state index contributed by atoms with van der Waals surface area (Å²) in [5, 5.41) is 7.30. The molecular weight excluding hydrogens is 230 g/mol. The highest BCUT2D eigenvalue weighted by Gasteiger charge is 2.20. The summed E-state index contributed by atoms with van der Waals surface area (Å²) in [5.41, 5.74) is 5.76. The molecule has 0 radical (unpaired) electrons. The number of hydrogen-bond acceptors (Lipinski definition) is 5. The lowest BCUT2D eigenvalue weighted by Gasteiger charge is -2.18. The van der Waals surface area contributed by atoms with Crippen molar-refractivity contribution in [2.75, 3.05) is 20.2 Å². The van der Waals surface area contributed by atoms with Crippen LogP contribution in [0.1, 0.15) is 25.0 Å². The van der Waals surface area contributed by atoms with E-state index in [1.807, 2.05) is 0 Å². The quantitative estimate of drug-likeness (QED) is 0.590. The van der Waals surface area contributed by atoms with Gasteiger partial charge in [-0.25, -0.2) is 4.98 Å². The summed E-state index contributed by atoms with van der Waals surface area (Å²) >= 11 is 0. The molecule has 1 aromatic rings. The van der Waals surface area contributed by atoms with E-state index in [-0.39, 0.29) is 5.84 Å². The van der Waals surface area contributed by atoms with Crippen LogP contribution in [0, 0.1) is 5.41 Å². The van der Waals surface area contributed by atoms with Crippen molar-refractivity contribution in [2.45, 2.75) is 25.3 Å². The smallest absolute Gasteiger partial charge is 0.316 e. The van der Waals surface area contributed by atoms with Crippen molar-refractivity contribution in [3.05, 3.63) is 18.0 Å². The van der Waals surface area contributed by atoms with Crippen molar-refractivity contribution in [3.8, 4) is 6.01 Å². The van der Waals surface area contributed by atoms with Gasteiger partial charge in [-0.2, -0.15) is 4.98 Å². The number of ether oxygens (including phenoxy) is 1. The van der Waals surface area contributed by atoms with Crippen LogP contribution < -0.4 is 10.5 Å². The van der Waals surface area contributed by atoms with E-state index in [4.69, 9.17) is 15.9 Å².